The second kappa shape index (κ2) is 11.8. The number of aliphatic carboxylic acids is 2. The van der Waals surface area contributed by atoms with Crippen LogP contribution in [0.4, 0.5) is 5.73 Å². The summed E-state index contributed by atoms with van der Waals surface area (Å²) in [6, 6.07) is -0.945. The molecule has 0 saturated heterocycles. The zero-order valence-corrected chi connectivity index (χ0v) is 30.0. The van der Waals surface area contributed by atoms with E-state index in [2.05, 4.69) is 0 Å². The Hall–Kier alpha value is -3.62. The molecular weight excluding hydrogens is 717 g/mol. The van der Waals surface area contributed by atoms with Crippen molar-refractivity contribution in [1.82, 2.24) is 5.91 Å². The van der Waals surface area contributed by atoms with Gasteiger partial charge in [-0.2, -0.15) is 0 Å². The van der Waals surface area contributed by atoms with Crippen molar-refractivity contribution in [2.24, 2.45) is 9.98 Å². The predicted molar refractivity (Wildman–Crippen MR) is 176 cm³/mol. The first-order valence-electron chi connectivity index (χ1n) is 15.7. The molecule has 3 atom stereocenters. The van der Waals surface area contributed by atoms with E-state index in [1.807, 2.05) is 0 Å². The molecule has 5 aliphatic heterocycles. The third-order valence-electron chi connectivity index (χ3n) is 9.93. The first-order valence-corrected chi connectivity index (χ1v) is 20.4. The number of hydrogen-bond donors (Lipinski definition) is 4. The first kappa shape index (κ1) is 33.3. The summed E-state index contributed by atoms with van der Waals surface area (Å²) >= 11 is -6.89. The number of aliphatic hydroxyl groups excluding tert-OH is 2. The van der Waals surface area contributed by atoms with Crippen molar-refractivity contribution in [2.45, 2.75) is 91.9 Å². The topological polar surface area (TPSA) is 148 Å². The van der Waals surface area contributed by atoms with Crippen molar-refractivity contribution in [2.75, 3.05) is 0 Å². The van der Waals surface area contributed by atoms with Crippen molar-refractivity contribution in [3.05, 3.63) is 79.1 Å². The fourth-order valence-corrected chi connectivity index (χ4v) is 14.4. The Balaban J connectivity index is 1.76. The van der Waals surface area contributed by atoms with Crippen molar-refractivity contribution in [1.29, 1.82) is 0 Å². The summed E-state index contributed by atoms with van der Waals surface area (Å²) in [5, 5.41) is 41.1. The average Bonchev–Trinajstić information content (AvgIpc) is 3.61. The van der Waals surface area contributed by atoms with Crippen molar-refractivity contribution >= 4 is 55.6 Å². The van der Waals surface area contributed by atoms with Gasteiger partial charge in [0.05, 0.1) is 0 Å². The van der Waals surface area contributed by atoms with Crippen molar-refractivity contribution < 1.29 is 35.7 Å². The summed E-state index contributed by atoms with van der Waals surface area (Å²) in [4.78, 5) is 33.2. The van der Waals surface area contributed by atoms with Crippen LogP contribution in [0.1, 0.15) is 95.3 Å². The summed E-state index contributed by atoms with van der Waals surface area (Å²) in [5.74, 6) is -2.04. The van der Waals surface area contributed by atoms with Crippen LogP contribution >= 0.6 is 0 Å². The van der Waals surface area contributed by atoms with Gasteiger partial charge in [0.15, 0.2) is 0 Å². The molecule has 47 heavy (non-hydrogen) atoms. The Morgan fingerprint density at radius 2 is 1.53 bits per heavy atom. The molecule has 1 aromatic rings. The van der Waals surface area contributed by atoms with Crippen LogP contribution in [0.25, 0.3) is 12.2 Å². The van der Waals surface area contributed by atoms with Gasteiger partial charge >= 0.3 is 278 Å². The molecule has 0 amide bonds. The summed E-state index contributed by atoms with van der Waals surface area (Å²) in [5.41, 5.74) is 6.70. The quantitative estimate of drug-likeness (QED) is 0.249. The number of aliphatic hydroxyl groups is 2. The van der Waals surface area contributed by atoms with E-state index < -0.39 is 50.3 Å². The van der Waals surface area contributed by atoms with E-state index in [1.54, 1.807) is 52.8 Å². The molecule has 3 unspecified atom stereocenters. The second-order valence-electron chi connectivity index (χ2n) is 12.8. The number of aromatic nitrogens is 1. The molecule has 5 aliphatic rings. The maximum atomic E-state index is 18.0. The fourth-order valence-electron chi connectivity index (χ4n) is 7.72. The molecule has 6 rings (SSSR count). The molecule has 0 radical (unpaired) electrons. The number of carbonyl (C=O) groups is 2. The Kier molecular flexibility index (Phi) is 8.37. The molecule has 248 valence electrons. The molecule has 0 spiro atoms. The Bertz CT molecular complexity index is 1900. The molecule has 10 nitrogen and oxygen atoms in total. The minimum absolute atomic E-state index is 0.0370. The zero-order valence-electron chi connectivity index (χ0n) is 27.1. The van der Waals surface area contributed by atoms with Gasteiger partial charge in [0, 0.05) is 0 Å². The molecule has 13 heteroatoms. The van der Waals surface area contributed by atoms with Crippen LogP contribution in [-0.4, -0.2) is 81.9 Å². The van der Waals surface area contributed by atoms with Crippen LogP contribution in [0, 0.1) is 6.92 Å². The molecule has 0 aliphatic carbocycles. The van der Waals surface area contributed by atoms with Gasteiger partial charge in [0.2, 0.25) is 0 Å². The van der Waals surface area contributed by atoms with E-state index in [1.165, 1.54) is 10.0 Å². The van der Waals surface area contributed by atoms with E-state index >= 15 is 5.73 Å². The van der Waals surface area contributed by atoms with Gasteiger partial charge in [-0.1, -0.05) is 0 Å². The third-order valence-corrected chi connectivity index (χ3v) is 16.1. The number of halogens is 2. The molecule has 6 bridgehead atoms. The summed E-state index contributed by atoms with van der Waals surface area (Å²) < 4.78 is 38.4. The van der Waals surface area contributed by atoms with E-state index in [0.717, 1.165) is 2.79 Å². The monoisotopic (exact) mass is 756 g/mol. The van der Waals surface area contributed by atoms with E-state index in [-0.39, 0.29) is 49.2 Å². The number of allylic oxidation sites excluding steroid dienone is 5. The number of nitrogens with zero attached hydrogens (tertiary/aromatic N) is 4. The normalized spacial score (nSPS) is 22.6. The van der Waals surface area contributed by atoms with Gasteiger partial charge in [-0.15, -0.1) is 0 Å². The van der Waals surface area contributed by atoms with Gasteiger partial charge in [-0.25, -0.2) is 0 Å². The Labute approximate surface area is 277 Å². The molecule has 0 saturated carbocycles. The standard InChI is InChI=1S/C34H40N4O6.2FH.Sn/c1-15-21(7-9-31(41)42)27-14-28-22(8-10-32(43)44)16(2)24(36-28)12-29-34(20(6)40)18(4)26(38-29)13-30-33(19(5)39)17(3)25(37-30)11-23(15)35-27;;;/h11-13,19-20,27,39-40H,7-10,14H2,1-6H3,(H4,35,36,37,38,41,42,43,44);2*1H;/q;;;+4/p-4. The van der Waals surface area contributed by atoms with Crippen molar-refractivity contribution in [3.63, 3.8) is 0 Å². The summed E-state index contributed by atoms with van der Waals surface area (Å²) in [7, 11) is 0. The average molecular weight is 755 g/mol. The van der Waals surface area contributed by atoms with E-state index in [9.17, 15) is 30.0 Å². The number of rotatable bonds is 8. The van der Waals surface area contributed by atoms with Crippen LogP contribution in [0.3, 0.4) is 0 Å². The van der Waals surface area contributed by atoms with Gasteiger partial charge in [0.1, 0.15) is 0 Å². The van der Waals surface area contributed by atoms with Gasteiger partial charge < -0.3 is 0 Å². The maximum absolute atomic E-state index is 18.0. The molecular formula is C34H38F2N4O6Sn. The second-order valence-corrected chi connectivity index (χ2v) is 18.4. The Morgan fingerprint density at radius 1 is 0.894 bits per heavy atom. The number of aliphatic imine (C=N–C) groups is 2. The van der Waals surface area contributed by atoms with Crippen LogP contribution in [-0.2, 0) is 9.59 Å². The third kappa shape index (κ3) is 5.28. The fraction of sp³-hybridized carbons (Fsp3) is 0.412. The van der Waals surface area contributed by atoms with E-state index in [0.29, 0.717) is 67.4 Å². The molecule has 6 heterocycles. The number of hydrogen-bond acceptors (Lipinski definition) is 7. The van der Waals surface area contributed by atoms with Crippen molar-refractivity contribution in [3.8, 4) is 0 Å². The molecule has 4 N–H and O–H groups in total. The van der Waals surface area contributed by atoms with Crippen LogP contribution < -0.4 is 0 Å². The zero-order chi connectivity index (χ0) is 34.3. The number of carboxylic acid groups (broad SMARTS) is 2. The summed E-state index contributed by atoms with van der Waals surface area (Å²) in [6.45, 7) is 10.2. The van der Waals surface area contributed by atoms with Crippen LogP contribution in [0.15, 0.2) is 66.6 Å². The van der Waals surface area contributed by atoms with Gasteiger partial charge in [-0.3, -0.25) is 0 Å². The molecule has 1 aromatic heterocycles. The minimum atomic E-state index is -6.89. The SMILES string of the molecule is CC1=C(CCC(=O)O)C2=NC1=Cc1c(C(C)O)c(C)c3[n]1[Sn]([F])([F])[N]1C(=CC4=NC(=C3)C(C(C)O)=C4C)C(C)=C(CCC(=O)O)C1C2. The Morgan fingerprint density at radius 3 is 2.15 bits per heavy atom. The number of carboxylic acids is 2. The molecule has 0 fully saturated rings. The number of fused-ring (bicyclic) bond motifs is 2. The molecule has 0 aromatic carbocycles. The van der Waals surface area contributed by atoms with E-state index in [4.69, 9.17) is 9.98 Å². The summed E-state index contributed by atoms with van der Waals surface area (Å²) in [6.07, 6.45) is 2.54. The van der Waals surface area contributed by atoms with Crippen LogP contribution in [0.5, 0.6) is 0 Å². The van der Waals surface area contributed by atoms with Gasteiger partial charge in [-0.05, 0) is 0 Å². The van der Waals surface area contributed by atoms with Gasteiger partial charge in [0.25, 0.3) is 0 Å². The predicted octanol–water partition coefficient (Wildman–Crippen LogP) is 5.71. The van der Waals surface area contributed by atoms with Crippen LogP contribution in [0.2, 0.25) is 0 Å². The first-order chi connectivity index (χ1) is 22.0.